The average molecular weight is 317 g/mol. The quantitative estimate of drug-likeness (QED) is 0.771. The molecule has 8 heteroatoms. The molecule has 2 aromatic heterocycles. The van der Waals surface area contributed by atoms with Gasteiger partial charge in [-0.3, -0.25) is 0 Å². The van der Waals surface area contributed by atoms with E-state index in [9.17, 15) is 4.79 Å². The Morgan fingerprint density at radius 2 is 2.35 bits per heavy atom. The van der Waals surface area contributed by atoms with E-state index in [1.54, 1.807) is 6.20 Å². The molecule has 0 spiro atoms. The molecule has 0 radical (unpaired) electrons. The first kappa shape index (κ1) is 15.3. The predicted octanol–water partition coefficient (Wildman–Crippen LogP) is 1.87. The zero-order valence-electron chi connectivity index (χ0n) is 12.6. The topological polar surface area (TPSA) is 115 Å². The number of nitrogens with two attached hydrogens (primary N) is 1. The summed E-state index contributed by atoms with van der Waals surface area (Å²) in [5.41, 5.74) is 7.12. The highest BCUT2D eigenvalue weighted by molar-refractivity contribution is 5.86. The monoisotopic (exact) mass is 317 g/mol. The van der Waals surface area contributed by atoms with Crippen LogP contribution in [0.25, 0.3) is 0 Å². The van der Waals surface area contributed by atoms with Crippen LogP contribution in [-0.2, 0) is 11.3 Å². The first-order valence-electron chi connectivity index (χ1n) is 7.52. The largest absolute Gasteiger partial charge is 0.477 e. The van der Waals surface area contributed by atoms with Gasteiger partial charge in [0, 0.05) is 24.9 Å². The lowest BCUT2D eigenvalue weighted by Crippen LogP contribution is -2.18. The second-order valence-corrected chi connectivity index (χ2v) is 5.44. The molecule has 0 amide bonds. The van der Waals surface area contributed by atoms with Crippen LogP contribution < -0.4 is 11.1 Å². The molecular weight excluding hydrogens is 298 g/mol. The summed E-state index contributed by atoms with van der Waals surface area (Å²) >= 11 is 0. The standard InChI is InChI=1S/C15H19N5O3/c16-11-4-5-12(15(21)22)19-14(11)17-7-10-8-18-20(9-10)13-3-1-2-6-23-13/h4-5,8-9,13H,1-3,6-7,16H2,(H,17,19)(H,21,22). The van der Waals surface area contributed by atoms with E-state index in [4.69, 9.17) is 15.6 Å². The second kappa shape index (κ2) is 6.66. The van der Waals surface area contributed by atoms with E-state index in [0.29, 0.717) is 18.1 Å². The minimum absolute atomic E-state index is 0.00367. The Bertz CT molecular complexity index is 694. The van der Waals surface area contributed by atoms with Gasteiger partial charge in [-0.25, -0.2) is 14.5 Å². The van der Waals surface area contributed by atoms with Gasteiger partial charge in [0.25, 0.3) is 0 Å². The zero-order valence-corrected chi connectivity index (χ0v) is 12.6. The van der Waals surface area contributed by atoms with Gasteiger partial charge in [0.05, 0.1) is 11.9 Å². The number of hydrogen-bond acceptors (Lipinski definition) is 6. The maximum absolute atomic E-state index is 11.0. The van der Waals surface area contributed by atoms with Crippen molar-refractivity contribution in [3.63, 3.8) is 0 Å². The van der Waals surface area contributed by atoms with E-state index in [1.807, 2.05) is 10.9 Å². The van der Waals surface area contributed by atoms with Crippen LogP contribution in [0, 0.1) is 0 Å². The number of rotatable bonds is 5. The van der Waals surface area contributed by atoms with Crippen LogP contribution in [0.5, 0.6) is 0 Å². The van der Waals surface area contributed by atoms with Crippen molar-refractivity contribution in [2.45, 2.75) is 32.0 Å². The molecule has 0 aromatic carbocycles. The summed E-state index contributed by atoms with van der Waals surface area (Å²) in [5.74, 6) is -0.734. The van der Waals surface area contributed by atoms with Crippen LogP contribution in [0.3, 0.4) is 0 Å². The van der Waals surface area contributed by atoms with Crippen molar-refractivity contribution >= 4 is 17.5 Å². The third kappa shape index (κ3) is 3.59. The Labute approximate surface area is 133 Å². The van der Waals surface area contributed by atoms with E-state index in [1.165, 1.54) is 12.1 Å². The molecule has 3 rings (SSSR count). The van der Waals surface area contributed by atoms with Crippen LogP contribution in [0.1, 0.15) is 41.5 Å². The molecule has 122 valence electrons. The summed E-state index contributed by atoms with van der Waals surface area (Å²) in [6.07, 6.45) is 6.86. The first-order chi connectivity index (χ1) is 11.1. The molecule has 4 N–H and O–H groups in total. The Kier molecular flexibility index (Phi) is 4.42. The Balaban J connectivity index is 1.65. The molecule has 1 aliphatic rings. The van der Waals surface area contributed by atoms with Gasteiger partial charge in [0.15, 0.2) is 5.69 Å². The summed E-state index contributed by atoms with van der Waals surface area (Å²) in [4.78, 5) is 15.0. The van der Waals surface area contributed by atoms with Gasteiger partial charge >= 0.3 is 5.97 Å². The molecule has 1 saturated heterocycles. The summed E-state index contributed by atoms with van der Waals surface area (Å²) in [5, 5.41) is 16.3. The maximum atomic E-state index is 11.0. The van der Waals surface area contributed by atoms with E-state index in [-0.39, 0.29) is 11.9 Å². The van der Waals surface area contributed by atoms with Crippen molar-refractivity contribution < 1.29 is 14.6 Å². The highest BCUT2D eigenvalue weighted by atomic mass is 16.5. The van der Waals surface area contributed by atoms with E-state index in [2.05, 4.69) is 15.4 Å². The number of carbonyl (C=O) groups is 1. The maximum Gasteiger partial charge on any atom is 0.354 e. The number of carboxylic acids is 1. The van der Waals surface area contributed by atoms with Crippen molar-refractivity contribution in [2.75, 3.05) is 17.7 Å². The number of anilines is 2. The summed E-state index contributed by atoms with van der Waals surface area (Å²) in [6.45, 7) is 1.22. The number of aromatic carboxylic acids is 1. The summed E-state index contributed by atoms with van der Waals surface area (Å²) < 4.78 is 7.50. The molecule has 0 saturated carbocycles. The Hall–Kier alpha value is -2.61. The highest BCUT2D eigenvalue weighted by Gasteiger charge is 2.16. The first-order valence-corrected chi connectivity index (χ1v) is 7.52. The number of aromatic nitrogens is 3. The van der Waals surface area contributed by atoms with Gasteiger partial charge in [0.2, 0.25) is 0 Å². The Morgan fingerprint density at radius 3 is 3.09 bits per heavy atom. The molecule has 23 heavy (non-hydrogen) atoms. The average Bonchev–Trinajstić information content (AvgIpc) is 3.03. The number of pyridine rings is 1. The second-order valence-electron chi connectivity index (χ2n) is 5.44. The van der Waals surface area contributed by atoms with Gasteiger partial charge < -0.3 is 20.9 Å². The lowest BCUT2D eigenvalue weighted by Gasteiger charge is -2.22. The molecule has 1 unspecified atom stereocenters. The number of ether oxygens (including phenoxy) is 1. The van der Waals surface area contributed by atoms with Gasteiger partial charge in [-0.05, 0) is 31.4 Å². The van der Waals surface area contributed by atoms with Crippen molar-refractivity contribution in [3.8, 4) is 0 Å². The fraction of sp³-hybridized carbons (Fsp3) is 0.400. The number of nitrogens with zero attached hydrogens (tertiary/aromatic N) is 3. The number of hydrogen-bond donors (Lipinski definition) is 3. The molecule has 1 fully saturated rings. The molecule has 1 aliphatic heterocycles. The number of nitrogen functional groups attached to an aromatic ring is 1. The van der Waals surface area contributed by atoms with Crippen molar-refractivity contribution in [1.29, 1.82) is 0 Å². The van der Waals surface area contributed by atoms with Crippen LogP contribution in [0.2, 0.25) is 0 Å². The lowest BCUT2D eigenvalue weighted by atomic mass is 10.2. The molecule has 0 bridgehead atoms. The van der Waals surface area contributed by atoms with Crippen molar-refractivity contribution in [1.82, 2.24) is 14.8 Å². The lowest BCUT2D eigenvalue weighted by molar-refractivity contribution is -0.0395. The predicted molar refractivity (Wildman–Crippen MR) is 84.0 cm³/mol. The van der Waals surface area contributed by atoms with Crippen LogP contribution in [-0.4, -0.2) is 32.4 Å². The zero-order chi connectivity index (χ0) is 16.2. The Morgan fingerprint density at radius 1 is 1.48 bits per heavy atom. The van der Waals surface area contributed by atoms with E-state index in [0.717, 1.165) is 31.4 Å². The minimum Gasteiger partial charge on any atom is -0.477 e. The SMILES string of the molecule is Nc1ccc(C(=O)O)nc1NCc1cnn(C2CCCCO2)c1. The molecular formula is C15H19N5O3. The van der Waals surface area contributed by atoms with Gasteiger partial charge in [-0.1, -0.05) is 0 Å². The fourth-order valence-corrected chi connectivity index (χ4v) is 2.47. The van der Waals surface area contributed by atoms with E-state index >= 15 is 0 Å². The van der Waals surface area contributed by atoms with Crippen LogP contribution >= 0.6 is 0 Å². The number of carboxylic acid groups (broad SMARTS) is 1. The number of nitrogens with one attached hydrogen (secondary N) is 1. The highest BCUT2D eigenvalue weighted by Crippen LogP contribution is 2.22. The minimum atomic E-state index is -1.09. The van der Waals surface area contributed by atoms with Gasteiger partial charge in [0.1, 0.15) is 12.0 Å². The molecule has 1 atom stereocenters. The molecule has 0 aliphatic carbocycles. The van der Waals surface area contributed by atoms with Crippen LogP contribution in [0.4, 0.5) is 11.5 Å². The third-order valence-corrected chi connectivity index (χ3v) is 3.71. The fourth-order valence-electron chi connectivity index (χ4n) is 2.47. The molecule has 3 heterocycles. The summed E-state index contributed by atoms with van der Waals surface area (Å²) in [6, 6.07) is 2.90. The molecule has 2 aromatic rings. The molecule has 8 nitrogen and oxygen atoms in total. The van der Waals surface area contributed by atoms with Crippen molar-refractivity contribution in [3.05, 3.63) is 35.8 Å². The smallest absolute Gasteiger partial charge is 0.354 e. The normalized spacial score (nSPS) is 17.8. The summed E-state index contributed by atoms with van der Waals surface area (Å²) in [7, 11) is 0. The third-order valence-electron chi connectivity index (χ3n) is 3.71. The van der Waals surface area contributed by atoms with E-state index < -0.39 is 5.97 Å². The van der Waals surface area contributed by atoms with Crippen molar-refractivity contribution in [2.24, 2.45) is 0 Å². The van der Waals surface area contributed by atoms with Crippen LogP contribution in [0.15, 0.2) is 24.5 Å². The van der Waals surface area contributed by atoms with Gasteiger partial charge in [-0.15, -0.1) is 0 Å². The van der Waals surface area contributed by atoms with Gasteiger partial charge in [-0.2, -0.15) is 5.10 Å².